The lowest BCUT2D eigenvalue weighted by Gasteiger charge is -2.28. The molecule has 5 aromatic heterocycles. The van der Waals surface area contributed by atoms with Crippen molar-refractivity contribution in [2.75, 3.05) is 68.8 Å². The molecule has 19 heteroatoms. The number of anilines is 2. The van der Waals surface area contributed by atoms with Gasteiger partial charge < -0.3 is 49.6 Å². The second-order valence-corrected chi connectivity index (χ2v) is 29.8. The van der Waals surface area contributed by atoms with E-state index in [-0.39, 0.29) is 46.9 Å². The first-order chi connectivity index (χ1) is 49.0. The smallest absolute Gasteiger partial charge is 0.251 e. The zero-order valence-electron chi connectivity index (χ0n) is 61.6. The highest BCUT2D eigenvalue weighted by Gasteiger charge is 2.40. The summed E-state index contributed by atoms with van der Waals surface area (Å²) >= 11 is 3.55. The fourth-order valence-corrected chi connectivity index (χ4v) is 14.8. The molecule has 0 aliphatic carbocycles. The van der Waals surface area contributed by atoms with Crippen LogP contribution >= 0.6 is 15.9 Å². The lowest BCUT2D eigenvalue weighted by Crippen LogP contribution is -2.43. The fourth-order valence-electron chi connectivity index (χ4n) is 14.2. The Morgan fingerprint density at radius 3 is 1.22 bits per heavy atom. The molecular weight excluding hydrogens is 1360 g/mol. The zero-order chi connectivity index (χ0) is 73.8. The van der Waals surface area contributed by atoms with Crippen molar-refractivity contribution in [1.29, 1.82) is 0 Å². The predicted octanol–water partition coefficient (Wildman–Crippen LogP) is 13.9. The number of carbonyl (C=O) groups excluding carboxylic acids is 3. The van der Waals surface area contributed by atoms with Crippen molar-refractivity contribution >= 4 is 44.9 Å². The summed E-state index contributed by atoms with van der Waals surface area (Å²) in [4.78, 5) is 99.4. The minimum atomic E-state index is -0.529. The first kappa shape index (κ1) is 74.6. The van der Waals surface area contributed by atoms with Crippen molar-refractivity contribution in [1.82, 2.24) is 35.6 Å². The number of allylic oxidation sites excluding steroid dienone is 1. The van der Waals surface area contributed by atoms with Gasteiger partial charge in [0.15, 0.2) is 17.3 Å². The number of nitrogens with one attached hydrogen (secondary N) is 5. The summed E-state index contributed by atoms with van der Waals surface area (Å²) < 4.78 is 19.7. The number of fused-ring (bicyclic) bond motifs is 3. The Morgan fingerprint density at radius 1 is 0.505 bits per heavy atom. The summed E-state index contributed by atoms with van der Waals surface area (Å²) in [5.74, 6) is 4.32. The van der Waals surface area contributed by atoms with E-state index in [1.807, 2.05) is 148 Å². The molecule has 0 saturated carbocycles. The number of halogens is 1. The molecule has 0 radical (unpaired) electrons. The Morgan fingerprint density at radius 2 is 0.874 bits per heavy atom. The van der Waals surface area contributed by atoms with Crippen LogP contribution in [0, 0.1) is 41.5 Å². The van der Waals surface area contributed by atoms with Crippen LogP contribution in [0.3, 0.4) is 0 Å². The van der Waals surface area contributed by atoms with Gasteiger partial charge in [0.1, 0.15) is 46.7 Å². The first-order valence-corrected chi connectivity index (χ1v) is 36.5. The van der Waals surface area contributed by atoms with Crippen LogP contribution in [0.5, 0.6) is 17.2 Å². The van der Waals surface area contributed by atoms with Crippen LogP contribution in [0.2, 0.25) is 0 Å². The summed E-state index contributed by atoms with van der Waals surface area (Å²) in [7, 11) is 0. The normalized spacial score (nSPS) is 17.4. The average Bonchev–Trinajstić information content (AvgIpc) is 1.66. The van der Waals surface area contributed by atoms with Gasteiger partial charge in [-0.3, -0.25) is 28.8 Å². The number of pyridine rings is 5. The Hall–Kier alpha value is -9.56. The van der Waals surface area contributed by atoms with Gasteiger partial charge in [-0.05, 0) is 248 Å². The maximum Gasteiger partial charge on any atom is 0.251 e. The van der Waals surface area contributed by atoms with Crippen LogP contribution < -0.4 is 51.3 Å². The molecule has 5 aliphatic rings. The molecule has 5 N–H and O–H groups in total. The van der Waals surface area contributed by atoms with Crippen LogP contribution in [0.15, 0.2) is 146 Å². The van der Waals surface area contributed by atoms with Gasteiger partial charge in [0, 0.05) is 175 Å². The summed E-state index contributed by atoms with van der Waals surface area (Å²) in [5.41, 5.74) is 18.7. The third-order valence-electron chi connectivity index (χ3n) is 20.8. The van der Waals surface area contributed by atoms with Crippen LogP contribution in [0.25, 0.3) is 22.3 Å². The van der Waals surface area contributed by atoms with E-state index in [1.165, 1.54) is 11.1 Å². The Labute approximate surface area is 612 Å². The molecule has 3 aromatic carbocycles. The van der Waals surface area contributed by atoms with Crippen molar-refractivity contribution < 1.29 is 28.6 Å². The number of H-pyrrole nitrogens is 3. The summed E-state index contributed by atoms with van der Waals surface area (Å²) in [5, 5.41) is 6.74. The highest BCUT2D eigenvalue weighted by molar-refractivity contribution is 9.10. The van der Waals surface area contributed by atoms with E-state index >= 15 is 0 Å². The molecule has 538 valence electrons. The minimum Gasteiger partial charge on any atom is -0.488 e. The molecule has 10 heterocycles. The Balaban J connectivity index is 0.000000158. The van der Waals surface area contributed by atoms with Crippen molar-refractivity contribution in [2.45, 2.75) is 152 Å². The predicted molar refractivity (Wildman–Crippen MR) is 414 cm³/mol. The topological polar surface area (TPSA) is 234 Å². The number of ether oxygens (including phenoxy) is 3. The number of aromatic amines is 3. The van der Waals surface area contributed by atoms with E-state index in [0.29, 0.717) is 78.5 Å². The average molecular weight is 1460 g/mol. The lowest BCUT2D eigenvalue weighted by molar-refractivity contribution is 0.0974. The number of hydrogen-bond acceptors (Lipinski definition) is 15. The van der Waals surface area contributed by atoms with Crippen molar-refractivity contribution in [3.63, 3.8) is 0 Å². The Bertz CT molecular complexity index is 4640. The van der Waals surface area contributed by atoms with Crippen molar-refractivity contribution in [3.05, 3.63) is 246 Å². The number of Topliss-reactive ketones (excluding diaryl/α,β-unsaturated/α-hetero) is 3. The molecule has 0 spiro atoms. The van der Waals surface area contributed by atoms with E-state index in [2.05, 4.69) is 90.5 Å². The number of aryl methyl sites for hydroxylation is 6. The third kappa shape index (κ3) is 17.1. The standard InChI is InChI=1S/2C31H36N4O3.C22H24BrNO3/c2*1-19(2)31(5)17-24-15-23(27(36)8-7-25-20(3)14-21(4)34-30(25)37)16-26(29(24)38-31)22-6-9-28(33-18-22)35-12-10-32-11-13-35;1-12-8-17-9-16(10-19(23)21(17)27-11-14(12)3)20(25)6-5-18-13(2)7-15(4)24-22(18)26/h2*6,9,14-16,18,32H,1,7-8,10-13,17H2,2-5H3,(H,34,37);7,9-10H,5-6,8,11H2,1-4H3,(H,24,26). The van der Waals surface area contributed by atoms with Crippen LogP contribution in [0.1, 0.15) is 159 Å². The zero-order valence-corrected chi connectivity index (χ0v) is 63.2. The molecule has 2 unspecified atom stereocenters. The SMILES string of the molecule is C=C(C)C1(C)Cc2cc(C(=O)CCc3c(C)cc(C)[nH]c3=O)cc(-c3ccc(N4CCNCC4)nc3)c2O1.C=C(C)C1(C)Cc2cc(C(=O)CCc3c(C)cc(C)[nH]c3=O)cc(-c3ccc(N4CCNCC4)nc3)c2O1.CC1=C(C)Cc2cc(C(=O)CCc3c(C)cc(C)[nH]c3=O)cc(Br)c2OC1. The van der Waals surface area contributed by atoms with Gasteiger partial charge >= 0.3 is 0 Å². The molecule has 18 nitrogen and oxygen atoms in total. The van der Waals surface area contributed by atoms with Crippen molar-refractivity contribution in [3.8, 4) is 39.5 Å². The molecule has 8 aromatic rings. The van der Waals surface area contributed by atoms with E-state index in [1.54, 1.807) is 0 Å². The Kier molecular flexibility index (Phi) is 22.9. The lowest BCUT2D eigenvalue weighted by atomic mass is 9.90. The first-order valence-electron chi connectivity index (χ1n) is 35.7. The second-order valence-electron chi connectivity index (χ2n) is 29.0. The van der Waals surface area contributed by atoms with Crippen molar-refractivity contribution in [2.24, 2.45) is 0 Å². The van der Waals surface area contributed by atoms with E-state index < -0.39 is 11.2 Å². The van der Waals surface area contributed by atoms with Crippen LogP contribution in [0.4, 0.5) is 11.6 Å². The number of hydrogen-bond donors (Lipinski definition) is 5. The van der Waals surface area contributed by atoms with Gasteiger partial charge in [-0.2, -0.15) is 0 Å². The number of nitrogens with zero attached hydrogens (tertiary/aromatic N) is 4. The summed E-state index contributed by atoms with van der Waals surface area (Å²) in [6, 6.07) is 25.5. The van der Waals surface area contributed by atoms with Crippen LogP contribution in [-0.4, -0.2) is 112 Å². The minimum absolute atomic E-state index is 0.00255. The van der Waals surface area contributed by atoms with E-state index in [0.717, 1.165) is 176 Å². The fraction of sp³-hybridized carbons (Fsp3) is 0.381. The molecule has 0 amide bonds. The maximum atomic E-state index is 13.4. The highest BCUT2D eigenvalue weighted by atomic mass is 79.9. The molecule has 2 saturated heterocycles. The third-order valence-corrected chi connectivity index (χ3v) is 21.4. The number of benzene rings is 3. The summed E-state index contributed by atoms with van der Waals surface area (Å²) in [6.07, 6.45) is 7.85. The second kappa shape index (κ2) is 31.6. The number of aromatic nitrogens is 5. The van der Waals surface area contributed by atoms with Gasteiger partial charge in [0.05, 0.1) is 4.47 Å². The van der Waals surface area contributed by atoms with Gasteiger partial charge in [-0.25, -0.2) is 9.97 Å². The maximum absolute atomic E-state index is 13.4. The van der Waals surface area contributed by atoms with Gasteiger partial charge in [0.25, 0.3) is 16.7 Å². The van der Waals surface area contributed by atoms with Gasteiger partial charge in [-0.15, -0.1) is 0 Å². The van der Waals surface area contributed by atoms with Crippen LogP contribution in [-0.2, 0) is 38.5 Å². The number of ketones is 3. The number of rotatable bonds is 18. The quantitative estimate of drug-likeness (QED) is 0.0397. The number of carbonyl (C=O) groups is 3. The molecule has 2 fully saturated rings. The van der Waals surface area contributed by atoms with E-state index in [4.69, 9.17) is 24.2 Å². The summed E-state index contributed by atoms with van der Waals surface area (Å²) in [6.45, 7) is 39.9. The van der Waals surface area contributed by atoms with Gasteiger partial charge in [0.2, 0.25) is 0 Å². The monoisotopic (exact) mass is 1450 g/mol. The molecular formula is C84H96BrN9O9. The largest absolute Gasteiger partial charge is 0.488 e. The molecule has 13 rings (SSSR count). The molecule has 103 heavy (non-hydrogen) atoms. The number of piperazine rings is 2. The molecule has 2 atom stereocenters. The highest BCUT2D eigenvalue weighted by Crippen LogP contribution is 2.48. The molecule has 0 bridgehead atoms. The van der Waals surface area contributed by atoms with Gasteiger partial charge in [-0.1, -0.05) is 18.7 Å². The molecule has 5 aliphatic heterocycles. The van der Waals surface area contributed by atoms with E-state index in [9.17, 15) is 28.8 Å².